The van der Waals surface area contributed by atoms with Crippen molar-refractivity contribution in [1.29, 1.82) is 0 Å². The number of aromatic carboxylic acids is 1. The Morgan fingerprint density at radius 1 is 0.909 bits per heavy atom. The minimum Gasteiger partial charge on any atom is -0.494 e. The number of hydrogen-bond acceptors (Lipinski definition) is 5. The lowest BCUT2D eigenvalue weighted by Crippen LogP contribution is -2.26. The molecule has 6 heteroatoms. The van der Waals surface area contributed by atoms with Crippen molar-refractivity contribution in [3.05, 3.63) is 90.0 Å². The van der Waals surface area contributed by atoms with Gasteiger partial charge in [0.2, 0.25) is 0 Å². The third-order valence-corrected chi connectivity index (χ3v) is 5.46. The summed E-state index contributed by atoms with van der Waals surface area (Å²) in [6.07, 6.45) is 3.75. The molecule has 0 unspecified atom stereocenters. The summed E-state index contributed by atoms with van der Waals surface area (Å²) in [4.78, 5) is 18.0. The molecule has 170 valence electrons. The number of carboxylic acid groups (broad SMARTS) is 1. The van der Waals surface area contributed by atoms with E-state index in [1.165, 1.54) is 5.56 Å². The zero-order chi connectivity index (χ0) is 22.9. The summed E-state index contributed by atoms with van der Waals surface area (Å²) in [6.45, 7) is 2.18. The van der Waals surface area contributed by atoms with Gasteiger partial charge in [0.25, 0.3) is 6.01 Å². The standard InChI is InChI=1S/C27H28N2O4/c30-26(31)22-13-8-14-23(20-22)32-19-7-6-17-29(18-9-12-21-10-2-1-3-11-21)27-28-24-15-4-5-16-25(24)33-27/h1-5,8,10-11,13-16,20H,6-7,9,12,17-19H2,(H,30,31). The van der Waals surface area contributed by atoms with Gasteiger partial charge in [-0.2, -0.15) is 4.98 Å². The number of aromatic nitrogens is 1. The van der Waals surface area contributed by atoms with E-state index < -0.39 is 5.97 Å². The molecule has 0 saturated carbocycles. The van der Waals surface area contributed by atoms with Crippen molar-refractivity contribution in [2.24, 2.45) is 0 Å². The maximum atomic E-state index is 11.1. The first kappa shape index (κ1) is 22.4. The van der Waals surface area contributed by atoms with Gasteiger partial charge in [0.15, 0.2) is 5.58 Å². The van der Waals surface area contributed by atoms with Crippen LogP contribution in [-0.2, 0) is 6.42 Å². The lowest BCUT2D eigenvalue weighted by atomic mass is 10.1. The molecule has 0 aliphatic rings. The molecule has 0 aliphatic heterocycles. The molecular weight excluding hydrogens is 416 g/mol. The number of anilines is 1. The zero-order valence-electron chi connectivity index (χ0n) is 18.5. The van der Waals surface area contributed by atoms with Crippen LogP contribution in [0.4, 0.5) is 6.01 Å². The Balaban J connectivity index is 1.32. The Bertz CT molecular complexity index is 1140. The van der Waals surface area contributed by atoms with Gasteiger partial charge in [-0.25, -0.2) is 4.79 Å². The number of oxazole rings is 1. The van der Waals surface area contributed by atoms with Crippen LogP contribution in [0, 0.1) is 0 Å². The number of ether oxygens (including phenoxy) is 1. The Morgan fingerprint density at radius 3 is 2.52 bits per heavy atom. The second-order valence-electron chi connectivity index (χ2n) is 7.93. The predicted molar refractivity (Wildman–Crippen MR) is 129 cm³/mol. The highest BCUT2D eigenvalue weighted by molar-refractivity contribution is 5.88. The van der Waals surface area contributed by atoms with Crippen LogP contribution in [-0.4, -0.2) is 35.8 Å². The molecule has 6 nitrogen and oxygen atoms in total. The highest BCUT2D eigenvalue weighted by Crippen LogP contribution is 2.22. The Kier molecular flexibility index (Phi) is 7.59. The first-order valence-electron chi connectivity index (χ1n) is 11.3. The maximum absolute atomic E-state index is 11.1. The quantitative estimate of drug-likeness (QED) is 0.277. The van der Waals surface area contributed by atoms with E-state index in [-0.39, 0.29) is 5.56 Å². The summed E-state index contributed by atoms with van der Waals surface area (Å²) in [6, 6.07) is 25.5. The van der Waals surface area contributed by atoms with Crippen molar-refractivity contribution in [2.45, 2.75) is 25.7 Å². The number of nitrogens with zero attached hydrogens (tertiary/aromatic N) is 2. The van der Waals surface area contributed by atoms with Crippen LogP contribution < -0.4 is 9.64 Å². The zero-order valence-corrected chi connectivity index (χ0v) is 18.5. The molecule has 1 heterocycles. The highest BCUT2D eigenvalue weighted by atomic mass is 16.5. The van der Waals surface area contributed by atoms with Gasteiger partial charge >= 0.3 is 5.97 Å². The topological polar surface area (TPSA) is 75.8 Å². The minimum atomic E-state index is -0.954. The van der Waals surface area contributed by atoms with Crippen molar-refractivity contribution >= 4 is 23.1 Å². The van der Waals surface area contributed by atoms with Crippen molar-refractivity contribution in [3.63, 3.8) is 0 Å². The molecule has 0 fully saturated rings. The second-order valence-corrected chi connectivity index (χ2v) is 7.93. The highest BCUT2D eigenvalue weighted by Gasteiger charge is 2.14. The fraction of sp³-hybridized carbons (Fsp3) is 0.259. The molecule has 4 rings (SSSR count). The average molecular weight is 445 g/mol. The number of carbonyl (C=O) groups is 1. The van der Waals surface area contributed by atoms with E-state index in [9.17, 15) is 4.79 Å². The van der Waals surface area contributed by atoms with Crippen LogP contribution in [0.25, 0.3) is 11.1 Å². The smallest absolute Gasteiger partial charge is 0.335 e. The number of aryl methyl sites for hydroxylation is 1. The van der Waals surface area contributed by atoms with Gasteiger partial charge in [-0.05, 0) is 61.6 Å². The van der Waals surface area contributed by atoms with Gasteiger partial charge in [-0.1, -0.05) is 48.5 Å². The number of para-hydroxylation sites is 2. The molecule has 1 N–H and O–H groups in total. The lowest BCUT2D eigenvalue weighted by molar-refractivity contribution is 0.0696. The molecule has 33 heavy (non-hydrogen) atoms. The van der Waals surface area contributed by atoms with E-state index in [4.69, 9.17) is 14.3 Å². The molecule has 4 aromatic rings. The fourth-order valence-corrected chi connectivity index (χ4v) is 3.73. The van der Waals surface area contributed by atoms with E-state index in [0.717, 1.165) is 49.9 Å². The van der Waals surface area contributed by atoms with Gasteiger partial charge < -0.3 is 19.2 Å². The summed E-state index contributed by atoms with van der Waals surface area (Å²) in [5.41, 5.74) is 3.21. The van der Waals surface area contributed by atoms with E-state index in [1.807, 2.05) is 30.3 Å². The van der Waals surface area contributed by atoms with Crippen LogP contribution in [0.15, 0.2) is 83.3 Å². The Morgan fingerprint density at radius 2 is 1.70 bits per heavy atom. The Hall–Kier alpha value is -3.80. The molecule has 0 saturated heterocycles. The normalized spacial score (nSPS) is 10.9. The predicted octanol–water partition coefficient (Wildman–Crippen LogP) is 5.82. The van der Waals surface area contributed by atoms with Crippen molar-refractivity contribution in [1.82, 2.24) is 4.98 Å². The summed E-state index contributed by atoms with van der Waals surface area (Å²) in [5, 5.41) is 9.11. The number of carboxylic acids is 1. The number of rotatable bonds is 12. The van der Waals surface area contributed by atoms with E-state index in [1.54, 1.807) is 24.3 Å². The molecule has 0 bridgehead atoms. The molecular formula is C27H28N2O4. The number of benzene rings is 3. The molecule has 0 radical (unpaired) electrons. The largest absolute Gasteiger partial charge is 0.494 e. The van der Waals surface area contributed by atoms with Crippen LogP contribution >= 0.6 is 0 Å². The minimum absolute atomic E-state index is 0.230. The third kappa shape index (κ3) is 6.35. The number of hydrogen-bond donors (Lipinski definition) is 1. The van der Waals surface area contributed by atoms with Gasteiger partial charge in [0, 0.05) is 13.1 Å². The molecule has 0 amide bonds. The lowest BCUT2D eigenvalue weighted by Gasteiger charge is -2.20. The van der Waals surface area contributed by atoms with Crippen molar-refractivity contribution in [3.8, 4) is 5.75 Å². The molecule has 0 spiro atoms. The van der Waals surface area contributed by atoms with E-state index >= 15 is 0 Å². The van der Waals surface area contributed by atoms with Gasteiger partial charge in [0.05, 0.1) is 12.2 Å². The molecule has 0 aliphatic carbocycles. The van der Waals surface area contributed by atoms with Crippen LogP contribution in [0.2, 0.25) is 0 Å². The first-order chi connectivity index (χ1) is 16.2. The molecule has 1 aromatic heterocycles. The van der Waals surface area contributed by atoms with Crippen LogP contribution in [0.3, 0.4) is 0 Å². The Labute approximate surface area is 193 Å². The summed E-state index contributed by atoms with van der Waals surface area (Å²) in [5.74, 6) is -0.376. The van der Waals surface area contributed by atoms with Gasteiger partial charge in [-0.15, -0.1) is 0 Å². The SMILES string of the molecule is O=C(O)c1cccc(OCCCCN(CCCc2ccccc2)c2nc3ccccc3o2)c1. The second kappa shape index (κ2) is 11.2. The number of unbranched alkanes of at least 4 members (excludes halogenated alkanes) is 1. The maximum Gasteiger partial charge on any atom is 0.335 e. The monoisotopic (exact) mass is 444 g/mol. The fourth-order valence-electron chi connectivity index (χ4n) is 3.73. The van der Waals surface area contributed by atoms with Crippen molar-refractivity contribution in [2.75, 3.05) is 24.6 Å². The number of fused-ring (bicyclic) bond motifs is 1. The van der Waals surface area contributed by atoms with Crippen LogP contribution in [0.5, 0.6) is 5.75 Å². The van der Waals surface area contributed by atoms with E-state index in [2.05, 4.69) is 34.1 Å². The molecule has 3 aromatic carbocycles. The molecule has 0 atom stereocenters. The first-order valence-corrected chi connectivity index (χ1v) is 11.3. The summed E-state index contributed by atoms with van der Waals surface area (Å²) in [7, 11) is 0. The summed E-state index contributed by atoms with van der Waals surface area (Å²) >= 11 is 0. The summed E-state index contributed by atoms with van der Waals surface area (Å²) < 4.78 is 11.8. The average Bonchev–Trinajstić information content (AvgIpc) is 3.28. The van der Waals surface area contributed by atoms with Crippen molar-refractivity contribution < 1.29 is 19.1 Å². The van der Waals surface area contributed by atoms with Crippen LogP contribution in [0.1, 0.15) is 35.2 Å². The third-order valence-electron chi connectivity index (χ3n) is 5.46. The van der Waals surface area contributed by atoms with E-state index in [0.29, 0.717) is 18.4 Å². The van der Waals surface area contributed by atoms with Gasteiger partial charge in [-0.3, -0.25) is 0 Å². The van der Waals surface area contributed by atoms with Gasteiger partial charge in [0.1, 0.15) is 11.3 Å².